The van der Waals surface area contributed by atoms with Crippen molar-refractivity contribution in [2.45, 2.75) is 86.5 Å². The van der Waals surface area contributed by atoms with Gasteiger partial charge < -0.3 is 20.1 Å². The lowest BCUT2D eigenvalue weighted by Crippen LogP contribution is -2.45. The second kappa shape index (κ2) is 14.6. The first-order valence-electron chi connectivity index (χ1n) is 14.2. The highest BCUT2D eigenvalue weighted by Crippen LogP contribution is 2.21. The molecule has 0 saturated heterocycles. The van der Waals surface area contributed by atoms with Gasteiger partial charge in [0.15, 0.2) is 0 Å². The van der Waals surface area contributed by atoms with Gasteiger partial charge in [-0.2, -0.15) is 0 Å². The fraction of sp³-hybridized carbons (Fsp3) is 0.455. The summed E-state index contributed by atoms with van der Waals surface area (Å²) in [6, 6.07) is 10.6. The van der Waals surface area contributed by atoms with Gasteiger partial charge in [-0.1, -0.05) is 11.8 Å². The van der Waals surface area contributed by atoms with Crippen molar-refractivity contribution >= 4 is 35.3 Å². The highest BCUT2D eigenvalue weighted by atomic mass is 16.6. The van der Waals surface area contributed by atoms with Crippen molar-refractivity contribution in [2.75, 3.05) is 23.7 Å². The number of nitrogens with zero attached hydrogens (tertiary/aromatic N) is 1. The van der Waals surface area contributed by atoms with Crippen molar-refractivity contribution in [3.8, 4) is 11.8 Å². The number of amides is 3. The molecule has 10 nitrogen and oxygen atoms in total. The summed E-state index contributed by atoms with van der Waals surface area (Å²) in [5, 5.41) is 16.6. The maximum absolute atomic E-state index is 12.8. The maximum atomic E-state index is 12.8. The molecule has 0 saturated carbocycles. The summed E-state index contributed by atoms with van der Waals surface area (Å²) in [7, 11) is 0. The zero-order valence-corrected chi connectivity index (χ0v) is 26.9. The molecule has 3 amide bonds. The highest BCUT2D eigenvalue weighted by molar-refractivity contribution is 6.04. The van der Waals surface area contributed by atoms with Crippen LogP contribution in [0.3, 0.4) is 0 Å². The van der Waals surface area contributed by atoms with Crippen LogP contribution >= 0.6 is 0 Å². The molecule has 10 heteroatoms. The summed E-state index contributed by atoms with van der Waals surface area (Å²) in [4.78, 5) is 38.7. The van der Waals surface area contributed by atoms with Crippen LogP contribution < -0.4 is 16.0 Å². The van der Waals surface area contributed by atoms with E-state index in [-0.39, 0.29) is 24.3 Å². The van der Waals surface area contributed by atoms with Gasteiger partial charge >= 0.3 is 12.2 Å². The summed E-state index contributed by atoms with van der Waals surface area (Å²) < 4.78 is 10.6. The second-order valence-corrected chi connectivity index (χ2v) is 12.5. The Morgan fingerprint density at radius 3 is 2.09 bits per heavy atom. The first-order valence-corrected chi connectivity index (χ1v) is 14.2. The molecule has 0 atom stereocenters. The quantitative estimate of drug-likeness (QED) is 0.172. The minimum atomic E-state index is -0.674. The van der Waals surface area contributed by atoms with Crippen molar-refractivity contribution in [3.05, 3.63) is 58.7 Å². The van der Waals surface area contributed by atoms with Crippen LogP contribution in [-0.4, -0.2) is 59.2 Å². The number of carbonyl (C=O) groups excluding carboxylic acids is 3. The number of carbonyl (C=O) groups is 3. The van der Waals surface area contributed by atoms with Crippen molar-refractivity contribution in [3.63, 3.8) is 0 Å². The first kappa shape index (κ1) is 34.7. The van der Waals surface area contributed by atoms with E-state index in [4.69, 9.17) is 14.9 Å². The van der Waals surface area contributed by atoms with Crippen LogP contribution in [0, 0.1) is 31.1 Å². The largest absolute Gasteiger partial charge is 0.444 e. The summed E-state index contributed by atoms with van der Waals surface area (Å²) in [6.07, 6.45) is -1.21. The number of hydrogen-bond acceptors (Lipinski definition) is 7. The Bertz CT molecular complexity index is 1390. The summed E-state index contributed by atoms with van der Waals surface area (Å²) >= 11 is 0. The maximum Gasteiger partial charge on any atom is 0.413 e. The summed E-state index contributed by atoms with van der Waals surface area (Å²) in [5.41, 5.74) is 3.31. The second-order valence-electron chi connectivity index (χ2n) is 12.5. The minimum absolute atomic E-state index is 0.0497. The number of rotatable bonds is 7. The number of amidine groups is 1. The fourth-order valence-corrected chi connectivity index (χ4v) is 3.73. The molecule has 0 aliphatic heterocycles. The van der Waals surface area contributed by atoms with Crippen molar-refractivity contribution < 1.29 is 23.9 Å². The number of hydrogen-bond donors (Lipinski definition) is 4. The Morgan fingerprint density at radius 2 is 1.53 bits per heavy atom. The average Bonchev–Trinajstić information content (AvgIpc) is 2.85. The van der Waals surface area contributed by atoms with E-state index in [0.29, 0.717) is 17.8 Å². The predicted octanol–water partition coefficient (Wildman–Crippen LogP) is 6.20. The topological polar surface area (TPSA) is 133 Å². The molecule has 0 aliphatic carbocycles. The Labute approximate surface area is 255 Å². The molecule has 0 bridgehead atoms. The lowest BCUT2D eigenvalue weighted by molar-refractivity contribution is -0.117. The van der Waals surface area contributed by atoms with E-state index in [2.05, 4.69) is 27.8 Å². The van der Waals surface area contributed by atoms with Gasteiger partial charge in [-0.05, 0) is 117 Å². The third-order valence-electron chi connectivity index (χ3n) is 5.81. The third-order valence-corrected chi connectivity index (χ3v) is 5.81. The van der Waals surface area contributed by atoms with Crippen LogP contribution in [0.25, 0.3) is 0 Å². The number of nitrogens with one attached hydrogen (secondary N) is 4. The highest BCUT2D eigenvalue weighted by Gasteiger charge is 2.26. The molecule has 43 heavy (non-hydrogen) atoms. The van der Waals surface area contributed by atoms with Gasteiger partial charge in [-0.15, -0.1) is 0 Å². The molecular formula is C33H45N5O5. The monoisotopic (exact) mass is 591 g/mol. The van der Waals surface area contributed by atoms with Crippen LogP contribution in [0.1, 0.15) is 77.6 Å². The zero-order valence-electron chi connectivity index (χ0n) is 26.9. The van der Waals surface area contributed by atoms with Crippen LogP contribution in [0.15, 0.2) is 36.4 Å². The normalized spacial score (nSPS) is 11.1. The van der Waals surface area contributed by atoms with E-state index < -0.39 is 23.4 Å². The predicted molar refractivity (Wildman–Crippen MR) is 171 cm³/mol. The lowest BCUT2D eigenvalue weighted by Gasteiger charge is -2.29. The number of benzene rings is 2. The van der Waals surface area contributed by atoms with Gasteiger partial charge in [-0.25, -0.2) is 9.59 Å². The molecule has 2 aromatic carbocycles. The average molecular weight is 592 g/mol. The first-order chi connectivity index (χ1) is 19.8. The molecule has 0 heterocycles. The molecule has 0 aliphatic rings. The molecule has 0 radical (unpaired) electrons. The van der Waals surface area contributed by atoms with Crippen molar-refractivity contribution in [1.29, 1.82) is 5.41 Å². The van der Waals surface area contributed by atoms with Gasteiger partial charge in [0, 0.05) is 28.5 Å². The van der Waals surface area contributed by atoms with Crippen molar-refractivity contribution in [2.24, 2.45) is 0 Å². The molecular weight excluding hydrogens is 546 g/mol. The Morgan fingerprint density at radius 1 is 0.930 bits per heavy atom. The minimum Gasteiger partial charge on any atom is -0.444 e. The van der Waals surface area contributed by atoms with E-state index in [9.17, 15) is 14.4 Å². The Kier molecular flexibility index (Phi) is 11.8. The third kappa shape index (κ3) is 12.1. The fourth-order valence-electron chi connectivity index (χ4n) is 3.73. The zero-order chi connectivity index (χ0) is 32.5. The van der Waals surface area contributed by atoms with Gasteiger partial charge in [-0.3, -0.25) is 20.4 Å². The van der Waals surface area contributed by atoms with Crippen LogP contribution in [0.2, 0.25) is 0 Å². The SMILES string of the molecule is Cc1cc(NC(=O)CN(C(=O)OC(C)(C)C)C(C)C)c(C)cc1C#CCNc1ccc(C(=N)NC(=O)OC(C)(C)C)cc1. The van der Waals surface area contributed by atoms with Crippen LogP contribution in [-0.2, 0) is 14.3 Å². The van der Waals surface area contributed by atoms with Crippen LogP contribution in [0.4, 0.5) is 21.0 Å². The Balaban J connectivity index is 1.97. The van der Waals surface area contributed by atoms with Gasteiger partial charge in [0.05, 0.1) is 6.54 Å². The van der Waals surface area contributed by atoms with E-state index in [0.717, 1.165) is 22.4 Å². The van der Waals surface area contributed by atoms with Crippen LogP contribution in [0.5, 0.6) is 0 Å². The summed E-state index contributed by atoms with van der Waals surface area (Å²) in [6.45, 7) is 18.4. The molecule has 4 N–H and O–H groups in total. The molecule has 2 rings (SSSR count). The molecule has 0 spiro atoms. The molecule has 232 valence electrons. The molecule has 2 aromatic rings. The van der Waals surface area contributed by atoms with Gasteiger partial charge in [0.2, 0.25) is 5.91 Å². The number of anilines is 2. The van der Waals surface area contributed by atoms with E-state index in [1.54, 1.807) is 65.8 Å². The van der Waals surface area contributed by atoms with E-state index in [1.165, 1.54) is 4.90 Å². The molecule has 0 unspecified atom stereocenters. The van der Waals surface area contributed by atoms with E-state index >= 15 is 0 Å². The Hall–Kier alpha value is -4.52. The van der Waals surface area contributed by atoms with E-state index in [1.807, 2.05) is 39.8 Å². The van der Waals surface area contributed by atoms with Gasteiger partial charge in [0.25, 0.3) is 0 Å². The number of aryl methyl sites for hydroxylation is 2. The lowest BCUT2D eigenvalue weighted by atomic mass is 10.0. The molecule has 0 aromatic heterocycles. The smallest absolute Gasteiger partial charge is 0.413 e. The van der Waals surface area contributed by atoms with Gasteiger partial charge in [0.1, 0.15) is 23.6 Å². The summed E-state index contributed by atoms with van der Waals surface area (Å²) in [5.74, 6) is 5.92. The van der Waals surface area contributed by atoms with Crippen molar-refractivity contribution in [1.82, 2.24) is 10.2 Å². The standard InChI is InChI=1S/C33H45N5O5/c1-21(2)38(31(41)43-33(8,9)10)20-28(39)36-27-19-22(3)25(18-23(27)4)12-11-17-35-26-15-13-24(14-16-26)29(34)37-30(40)42-32(5,6)7/h13-16,18-19,21,35H,17,20H2,1-10H3,(H,36,39)(H2,34,37,40). The molecule has 0 fully saturated rings. The number of ether oxygens (including phenoxy) is 2. The number of alkyl carbamates (subject to hydrolysis) is 1.